The van der Waals surface area contributed by atoms with E-state index in [4.69, 9.17) is 17.2 Å². The first kappa shape index (κ1) is 14.2. The van der Waals surface area contributed by atoms with E-state index in [0.29, 0.717) is 11.3 Å². The lowest BCUT2D eigenvalue weighted by Crippen LogP contribution is -2.07. The summed E-state index contributed by atoms with van der Waals surface area (Å²) in [6.07, 6.45) is 7.49. The normalized spacial score (nSPS) is 11.2. The lowest BCUT2D eigenvalue weighted by atomic mass is 10.1. The minimum Gasteiger partial charge on any atom is -0.402 e. The summed E-state index contributed by atoms with van der Waals surface area (Å²) in [5.41, 5.74) is 17.1. The van der Waals surface area contributed by atoms with Gasteiger partial charge in [-0.15, -0.1) is 10.2 Å². The van der Waals surface area contributed by atoms with Gasteiger partial charge < -0.3 is 17.2 Å². The van der Waals surface area contributed by atoms with Crippen molar-refractivity contribution in [3.05, 3.63) is 33.7 Å². The van der Waals surface area contributed by atoms with Crippen molar-refractivity contribution in [2.75, 3.05) is 0 Å². The Morgan fingerprint density at radius 2 is 1.94 bits per heavy atom. The second-order valence-electron chi connectivity index (χ2n) is 3.77. The first-order valence-electron chi connectivity index (χ1n) is 5.56. The van der Waals surface area contributed by atoms with Crippen LogP contribution < -0.4 is 17.2 Å². The number of aldehydes is 1. The molecule has 0 radical (unpaired) electrons. The average Bonchev–Trinajstić information content (AvgIpc) is 2.80. The second kappa shape index (κ2) is 7.44. The molecule has 0 aromatic carbocycles. The van der Waals surface area contributed by atoms with Gasteiger partial charge in [-0.25, -0.2) is 0 Å². The van der Waals surface area contributed by atoms with E-state index >= 15 is 0 Å². The molecule has 98 valence electrons. The number of rotatable bonds is 7. The van der Waals surface area contributed by atoms with Crippen molar-refractivity contribution in [2.24, 2.45) is 17.2 Å². The fourth-order valence-electron chi connectivity index (χ4n) is 1.31. The lowest BCUT2D eigenvalue weighted by Gasteiger charge is -1.99. The summed E-state index contributed by atoms with van der Waals surface area (Å²) >= 11 is 1.33. The molecule has 0 saturated carbocycles. The van der Waals surface area contributed by atoms with Gasteiger partial charge in [0.05, 0.1) is 5.82 Å². The molecule has 0 atom stereocenters. The molecule has 1 aromatic heterocycles. The van der Waals surface area contributed by atoms with Crippen LogP contribution in [0.25, 0.3) is 0 Å². The van der Waals surface area contributed by atoms with E-state index in [0.717, 1.165) is 36.4 Å². The zero-order valence-corrected chi connectivity index (χ0v) is 10.8. The van der Waals surface area contributed by atoms with Crippen LogP contribution in [0.3, 0.4) is 0 Å². The quantitative estimate of drug-likeness (QED) is 0.379. The van der Waals surface area contributed by atoms with Crippen molar-refractivity contribution in [1.82, 2.24) is 10.2 Å². The molecule has 0 aliphatic heterocycles. The smallest absolute Gasteiger partial charge is 0.180 e. The zero-order valence-electron chi connectivity index (χ0n) is 10.0. The number of carbonyl (C=O) groups is 1. The van der Waals surface area contributed by atoms with Gasteiger partial charge in [-0.05, 0) is 31.4 Å². The number of aryl methyl sites for hydroxylation is 1. The van der Waals surface area contributed by atoms with Crippen molar-refractivity contribution in [3.63, 3.8) is 0 Å². The van der Waals surface area contributed by atoms with E-state index in [9.17, 15) is 4.79 Å². The van der Waals surface area contributed by atoms with Gasteiger partial charge in [-0.2, -0.15) is 0 Å². The van der Waals surface area contributed by atoms with Crippen molar-refractivity contribution in [1.29, 1.82) is 0 Å². The molecule has 1 aromatic rings. The highest BCUT2D eigenvalue weighted by molar-refractivity contribution is 7.12. The number of nitrogens with zero attached hydrogens (tertiary/aromatic N) is 2. The molecule has 18 heavy (non-hydrogen) atoms. The Labute approximate surface area is 110 Å². The van der Waals surface area contributed by atoms with Crippen molar-refractivity contribution >= 4 is 17.6 Å². The molecule has 0 unspecified atom stereocenters. The minimum absolute atomic E-state index is 0.244. The summed E-state index contributed by atoms with van der Waals surface area (Å²) in [6, 6.07) is 0. The highest BCUT2D eigenvalue weighted by Crippen LogP contribution is 2.12. The van der Waals surface area contributed by atoms with E-state index < -0.39 is 0 Å². The number of aromatic nitrogens is 2. The molecule has 1 rings (SSSR count). The fourth-order valence-corrected chi connectivity index (χ4v) is 2.01. The maximum Gasteiger partial charge on any atom is 0.180 e. The zero-order chi connectivity index (χ0) is 13.4. The van der Waals surface area contributed by atoms with Crippen LogP contribution >= 0.6 is 11.3 Å². The fraction of sp³-hybridized carbons (Fsp3) is 0.364. The summed E-state index contributed by atoms with van der Waals surface area (Å²) in [6.45, 7) is 0. The first-order valence-corrected chi connectivity index (χ1v) is 6.38. The number of unbranched alkanes of at least 4 members (excludes halogenated alkanes) is 1. The molecule has 6 nitrogen and oxygen atoms in total. The number of carbonyl (C=O) groups excluding carboxylic acids is 1. The van der Waals surface area contributed by atoms with E-state index in [-0.39, 0.29) is 5.82 Å². The van der Waals surface area contributed by atoms with Gasteiger partial charge in [0.25, 0.3) is 0 Å². The third-order valence-corrected chi connectivity index (χ3v) is 3.09. The van der Waals surface area contributed by atoms with Gasteiger partial charge in [-0.3, -0.25) is 4.79 Å². The molecule has 0 aliphatic rings. The highest BCUT2D eigenvalue weighted by Gasteiger charge is 2.02. The lowest BCUT2D eigenvalue weighted by molar-refractivity contribution is 0.112. The van der Waals surface area contributed by atoms with Crippen LogP contribution in [-0.4, -0.2) is 16.5 Å². The van der Waals surface area contributed by atoms with Crippen LogP contribution in [0.1, 0.15) is 34.1 Å². The molecule has 0 fully saturated rings. The Kier molecular flexibility index (Phi) is 5.86. The maximum atomic E-state index is 10.4. The molecule has 0 saturated heterocycles. The summed E-state index contributed by atoms with van der Waals surface area (Å²) in [7, 11) is 0. The number of hydrogen-bond acceptors (Lipinski definition) is 7. The Balaban J connectivity index is 2.24. The van der Waals surface area contributed by atoms with E-state index in [1.165, 1.54) is 11.3 Å². The molecule has 1 heterocycles. The average molecular weight is 267 g/mol. The van der Waals surface area contributed by atoms with Crippen LogP contribution in [0.5, 0.6) is 0 Å². The Bertz CT molecular complexity index is 448. The van der Waals surface area contributed by atoms with Crippen molar-refractivity contribution in [2.45, 2.75) is 25.7 Å². The summed E-state index contributed by atoms with van der Waals surface area (Å²) in [5, 5.41) is 8.94. The van der Waals surface area contributed by atoms with Crippen LogP contribution in [-0.2, 0) is 6.42 Å². The second-order valence-corrected chi connectivity index (χ2v) is 4.86. The van der Waals surface area contributed by atoms with Crippen molar-refractivity contribution < 1.29 is 4.79 Å². The number of allylic oxidation sites excluding steroid dienone is 3. The van der Waals surface area contributed by atoms with Crippen LogP contribution in [0.15, 0.2) is 23.7 Å². The highest BCUT2D eigenvalue weighted by atomic mass is 32.1. The van der Waals surface area contributed by atoms with Crippen molar-refractivity contribution in [3.8, 4) is 0 Å². The van der Waals surface area contributed by atoms with E-state index in [1.54, 1.807) is 12.2 Å². The molecule has 0 bridgehead atoms. The van der Waals surface area contributed by atoms with Crippen LogP contribution in [0, 0.1) is 0 Å². The first-order chi connectivity index (χ1) is 8.61. The van der Waals surface area contributed by atoms with Crippen LogP contribution in [0.2, 0.25) is 0 Å². The Hall–Kier alpha value is -1.89. The van der Waals surface area contributed by atoms with E-state index in [2.05, 4.69) is 10.2 Å². The largest absolute Gasteiger partial charge is 0.402 e. The molecule has 0 spiro atoms. The molecule has 0 aliphatic carbocycles. The predicted molar refractivity (Wildman–Crippen MR) is 71.6 cm³/mol. The molecule has 6 N–H and O–H groups in total. The van der Waals surface area contributed by atoms with Gasteiger partial charge in [0, 0.05) is 12.1 Å². The van der Waals surface area contributed by atoms with Gasteiger partial charge in [0.1, 0.15) is 5.01 Å². The summed E-state index contributed by atoms with van der Waals surface area (Å²) in [5.74, 6) is 0.244. The Morgan fingerprint density at radius 3 is 2.56 bits per heavy atom. The maximum absolute atomic E-state index is 10.4. The SMILES string of the molecule is NC(N)=C/C=C(\N)CCCCc1nnc(C=O)s1. The predicted octanol–water partition coefficient (Wildman–Crippen LogP) is 0.665. The minimum atomic E-state index is 0.244. The molecular weight excluding hydrogens is 250 g/mol. The summed E-state index contributed by atoms with van der Waals surface area (Å²) < 4.78 is 0. The van der Waals surface area contributed by atoms with E-state index in [1.807, 2.05) is 0 Å². The van der Waals surface area contributed by atoms with Gasteiger partial charge in [0.15, 0.2) is 11.3 Å². The molecule has 0 amide bonds. The van der Waals surface area contributed by atoms with Gasteiger partial charge in [0.2, 0.25) is 0 Å². The number of hydrogen-bond donors (Lipinski definition) is 3. The molecule has 7 heteroatoms. The third kappa shape index (κ3) is 5.44. The monoisotopic (exact) mass is 267 g/mol. The number of nitrogens with two attached hydrogens (primary N) is 3. The topological polar surface area (TPSA) is 121 Å². The Morgan fingerprint density at radius 1 is 1.17 bits per heavy atom. The third-order valence-electron chi connectivity index (χ3n) is 2.18. The standard InChI is InChI=1S/C11H17N5OS/c12-8(5-6-9(13)14)3-1-2-4-10-15-16-11(7-17)18-10/h5-7H,1-4,12-14H2/b8-5-. The summed E-state index contributed by atoms with van der Waals surface area (Å²) in [4.78, 5) is 10.4. The van der Waals surface area contributed by atoms with Gasteiger partial charge in [-0.1, -0.05) is 11.3 Å². The molecular formula is C11H17N5OS. The van der Waals surface area contributed by atoms with Crippen LogP contribution in [0.4, 0.5) is 0 Å². The van der Waals surface area contributed by atoms with Gasteiger partial charge >= 0.3 is 0 Å².